The third-order valence-corrected chi connectivity index (χ3v) is 4.29. The molecule has 0 fully saturated rings. The molecule has 3 aromatic rings. The van der Waals surface area contributed by atoms with Crippen molar-refractivity contribution in [1.82, 2.24) is 4.98 Å². The van der Waals surface area contributed by atoms with Gasteiger partial charge in [-0.25, -0.2) is 13.8 Å². The van der Waals surface area contributed by atoms with Crippen LogP contribution in [0.3, 0.4) is 0 Å². The predicted molar refractivity (Wildman–Crippen MR) is 103 cm³/mol. The number of nitrogen functional groups attached to an aromatic ring is 2. The largest absolute Gasteiger partial charge is 0.398 e. The molecule has 0 atom stereocenters. The number of nitrogens with one attached hydrogen (secondary N) is 1. The molecule has 138 valence electrons. The number of halogens is 3. The molecular formula is C19H15ClF2N4O. The standard InChI is InChI=1S/C19H15ClF2N4O/c1-9-4-14(12-3-2-10(21)5-17(12)23)16(22)7-13(9)19(27)26-11-6-15(20)18(24)25-8-11/h2-8H,23H2,1H3,(H2,24,25)(H,26,27). The van der Waals surface area contributed by atoms with Gasteiger partial charge in [0, 0.05) is 22.4 Å². The van der Waals surface area contributed by atoms with Crippen LogP contribution >= 0.6 is 11.6 Å². The number of carbonyl (C=O) groups excluding carboxylic acids is 1. The summed E-state index contributed by atoms with van der Waals surface area (Å²) in [6, 6.07) is 7.74. The highest BCUT2D eigenvalue weighted by atomic mass is 35.5. The maximum atomic E-state index is 14.6. The van der Waals surface area contributed by atoms with E-state index >= 15 is 0 Å². The normalized spacial score (nSPS) is 10.7. The number of anilines is 3. The van der Waals surface area contributed by atoms with Gasteiger partial charge in [-0.05, 0) is 48.9 Å². The Morgan fingerprint density at radius 3 is 2.52 bits per heavy atom. The van der Waals surface area contributed by atoms with E-state index in [9.17, 15) is 13.6 Å². The van der Waals surface area contributed by atoms with E-state index in [2.05, 4.69) is 10.3 Å². The molecule has 1 aromatic heterocycles. The van der Waals surface area contributed by atoms with Crippen molar-refractivity contribution in [2.75, 3.05) is 16.8 Å². The van der Waals surface area contributed by atoms with Crippen LogP contribution in [0.1, 0.15) is 15.9 Å². The van der Waals surface area contributed by atoms with Gasteiger partial charge in [-0.3, -0.25) is 4.79 Å². The first-order chi connectivity index (χ1) is 12.8. The lowest BCUT2D eigenvalue weighted by molar-refractivity contribution is 0.102. The lowest BCUT2D eigenvalue weighted by Gasteiger charge is -2.12. The molecule has 8 heteroatoms. The number of rotatable bonds is 3. The number of nitrogens with two attached hydrogens (primary N) is 2. The first-order valence-electron chi connectivity index (χ1n) is 7.84. The van der Waals surface area contributed by atoms with Crippen molar-refractivity contribution < 1.29 is 13.6 Å². The van der Waals surface area contributed by atoms with E-state index in [-0.39, 0.29) is 27.7 Å². The summed E-state index contributed by atoms with van der Waals surface area (Å²) < 4.78 is 27.9. The van der Waals surface area contributed by atoms with Crippen molar-refractivity contribution in [1.29, 1.82) is 0 Å². The second kappa shape index (κ2) is 7.20. The average molecular weight is 389 g/mol. The fourth-order valence-corrected chi connectivity index (χ4v) is 2.79. The van der Waals surface area contributed by atoms with Gasteiger partial charge < -0.3 is 16.8 Å². The fraction of sp³-hybridized carbons (Fsp3) is 0.0526. The van der Waals surface area contributed by atoms with Crippen molar-refractivity contribution in [2.24, 2.45) is 0 Å². The number of benzene rings is 2. The van der Waals surface area contributed by atoms with E-state index in [1.54, 1.807) is 6.92 Å². The molecule has 0 saturated carbocycles. The van der Waals surface area contributed by atoms with Crippen LogP contribution < -0.4 is 16.8 Å². The highest BCUT2D eigenvalue weighted by Gasteiger charge is 2.17. The Labute approximate surface area is 159 Å². The Kier molecular flexibility index (Phi) is 4.96. The Morgan fingerprint density at radius 1 is 1.11 bits per heavy atom. The number of carbonyl (C=O) groups is 1. The Balaban J connectivity index is 1.94. The smallest absolute Gasteiger partial charge is 0.256 e. The van der Waals surface area contributed by atoms with E-state index in [4.69, 9.17) is 23.1 Å². The molecule has 0 aliphatic heterocycles. The number of hydrogen-bond acceptors (Lipinski definition) is 4. The zero-order valence-corrected chi connectivity index (χ0v) is 14.9. The second-order valence-electron chi connectivity index (χ2n) is 5.92. The van der Waals surface area contributed by atoms with Gasteiger partial charge in [0.25, 0.3) is 5.91 Å². The van der Waals surface area contributed by atoms with E-state index < -0.39 is 17.5 Å². The van der Waals surface area contributed by atoms with Crippen LogP contribution in [-0.4, -0.2) is 10.9 Å². The van der Waals surface area contributed by atoms with Crippen molar-refractivity contribution in [3.8, 4) is 11.1 Å². The summed E-state index contributed by atoms with van der Waals surface area (Å²) in [4.78, 5) is 16.3. The van der Waals surface area contributed by atoms with E-state index in [0.29, 0.717) is 16.8 Å². The molecule has 0 aliphatic carbocycles. The van der Waals surface area contributed by atoms with Crippen molar-refractivity contribution in [2.45, 2.75) is 6.92 Å². The van der Waals surface area contributed by atoms with Crippen LogP contribution in [-0.2, 0) is 0 Å². The lowest BCUT2D eigenvalue weighted by Crippen LogP contribution is -2.14. The summed E-state index contributed by atoms with van der Waals surface area (Å²) in [5, 5.41) is 2.78. The van der Waals surface area contributed by atoms with Gasteiger partial charge in [-0.2, -0.15) is 0 Å². The Bertz CT molecular complexity index is 1060. The van der Waals surface area contributed by atoms with Gasteiger partial charge in [0.2, 0.25) is 0 Å². The van der Waals surface area contributed by atoms with Crippen LogP contribution in [0, 0.1) is 18.6 Å². The molecule has 5 nitrogen and oxygen atoms in total. The van der Waals surface area contributed by atoms with Crippen molar-refractivity contribution >= 4 is 34.7 Å². The fourth-order valence-electron chi connectivity index (χ4n) is 2.63. The Hall–Kier alpha value is -3.19. The van der Waals surface area contributed by atoms with E-state index in [1.807, 2.05) is 0 Å². The van der Waals surface area contributed by atoms with Gasteiger partial charge in [-0.1, -0.05) is 11.6 Å². The molecule has 5 N–H and O–H groups in total. The van der Waals surface area contributed by atoms with Crippen LogP contribution in [0.5, 0.6) is 0 Å². The summed E-state index contributed by atoms with van der Waals surface area (Å²) in [6.45, 7) is 1.66. The van der Waals surface area contributed by atoms with Gasteiger partial charge in [0.15, 0.2) is 0 Å². The first kappa shape index (κ1) is 18.6. The molecule has 27 heavy (non-hydrogen) atoms. The van der Waals surface area contributed by atoms with Gasteiger partial charge in [-0.15, -0.1) is 0 Å². The monoisotopic (exact) mass is 388 g/mol. The molecular weight excluding hydrogens is 374 g/mol. The number of aryl methyl sites for hydroxylation is 1. The first-order valence-corrected chi connectivity index (χ1v) is 8.22. The zero-order valence-electron chi connectivity index (χ0n) is 14.2. The van der Waals surface area contributed by atoms with E-state index in [0.717, 1.165) is 12.1 Å². The van der Waals surface area contributed by atoms with Crippen LogP contribution in [0.25, 0.3) is 11.1 Å². The van der Waals surface area contributed by atoms with Gasteiger partial charge >= 0.3 is 0 Å². The highest BCUT2D eigenvalue weighted by molar-refractivity contribution is 6.33. The number of pyridine rings is 1. The molecule has 2 aromatic carbocycles. The number of nitrogens with zero attached hydrogens (tertiary/aromatic N) is 1. The molecule has 3 rings (SSSR count). The average Bonchev–Trinajstić information content (AvgIpc) is 2.60. The predicted octanol–water partition coefficient (Wildman–Crippen LogP) is 4.41. The highest BCUT2D eigenvalue weighted by Crippen LogP contribution is 2.31. The summed E-state index contributed by atoms with van der Waals surface area (Å²) in [5.74, 6) is -1.57. The minimum absolute atomic E-state index is 0.105. The SMILES string of the molecule is Cc1cc(-c2ccc(F)cc2N)c(F)cc1C(=O)Nc1cnc(N)c(Cl)c1. The molecule has 1 heterocycles. The topological polar surface area (TPSA) is 94.0 Å². The number of amides is 1. The molecule has 0 bridgehead atoms. The van der Waals surface area contributed by atoms with Crippen LogP contribution in [0.15, 0.2) is 42.6 Å². The minimum atomic E-state index is -0.655. The minimum Gasteiger partial charge on any atom is -0.398 e. The molecule has 0 unspecified atom stereocenters. The molecule has 0 aliphatic rings. The van der Waals surface area contributed by atoms with Gasteiger partial charge in [0.05, 0.1) is 16.9 Å². The summed E-state index contributed by atoms with van der Waals surface area (Å²) in [7, 11) is 0. The summed E-state index contributed by atoms with van der Waals surface area (Å²) >= 11 is 5.88. The quantitative estimate of drug-likeness (QED) is 0.579. The number of aromatic nitrogens is 1. The maximum absolute atomic E-state index is 14.6. The Morgan fingerprint density at radius 2 is 1.85 bits per heavy atom. The van der Waals surface area contributed by atoms with Crippen molar-refractivity contribution in [3.05, 3.63) is 70.4 Å². The van der Waals surface area contributed by atoms with E-state index in [1.165, 1.54) is 30.5 Å². The molecule has 0 saturated heterocycles. The van der Waals surface area contributed by atoms with Crippen LogP contribution in [0.4, 0.5) is 26.0 Å². The third-order valence-electron chi connectivity index (χ3n) is 3.99. The summed E-state index contributed by atoms with van der Waals surface area (Å²) in [5.41, 5.74) is 12.9. The van der Waals surface area contributed by atoms with Crippen LogP contribution in [0.2, 0.25) is 5.02 Å². The second-order valence-corrected chi connectivity index (χ2v) is 6.33. The molecule has 1 amide bonds. The summed E-state index contributed by atoms with van der Waals surface area (Å²) in [6.07, 6.45) is 1.35. The molecule has 0 radical (unpaired) electrons. The lowest BCUT2D eigenvalue weighted by atomic mass is 9.97. The third kappa shape index (κ3) is 3.83. The maximum Gasteiger partial charge on any atom is 0.256 e. The number of hydrogen-bond donors (Lipinski definition) is 3. The zero-order chi connectivity index (χ0) is 19.7. The van der Waals surface area contributed by atoms with Gasteiger partial charge in [0.1, 0.15) is 17.5 Å². The van der Waals surface area contributed by atoms with Crippen molar-refractivity contribution in [3.63, 3.8) is 0 Å². The molecule has 0 spiro atoms.